The Morgan fingerprint density at radius 2 is 1.73 bits per heavy atom. The van der Waals surface area contributed by atoms with Crippen LogP contribution in [0.5, 0.6) is 0 Å². The summed E-state index contributed by atoms with van der Waals surface area (Å²) in [4.78, 5) is 12.7. The molecule has 0 atom stereocenters. The fraction of sp³-hybridized carbons (Fsp3) is 0.350. The second-order valence-electron chi connectivity index (χ2n) is 6.79. The highest BCUT2D eigenvalue weighted by Crippen LogP contribution is 2.48. The summed E-state index contributed by atoms with van der Waals surface area (Å²) in [6.07, 6.45) is 2.56. The van der Waals surface area contributed by atoms with Crippen LogP contribution < -0.4 is 10.0 Å². The summed E-state index contributed by atoms with van der Waals surface area (Å²) in [7, 11) is -3.63. The molecule has 2 aromatic carbocycles. The summed E-state index contributed by atoms with van der Waals surface area (Å²) in [5, 5.41) is 2.96. The molecule has 2 N–H and O–H groups in total. The highest BCUT2D eigenvalue weighted by molar-refractivity contribution is 7.92. The minimum atomic E-state index is -3.63. The first-order valence-electron chi connectivity index (χ1n) is 8.86. The lowest BCUT2D eigenvalue weighted by atomic mass is 9.95. The van der Waals surface area contributed by atoms with E-state index in [-0.39, 0.29) is 10.8 Å². The van der Waals surface area contributed by atoms with Crippen LogP contribution in [0.2, 0.25) is 0 Å². The van der Waals surface area contributed by atoms with Crippen molar-refractivity contribution in [2.75, 3.05) is 11.3 Å². The van der Waals surface area contributed by atoms with Crippen molar-refractivity contribution in [2.45, 2.75) is 43.4 Å². The Morgan fingerprint density at radius 1 is 1.08 bits per heavy atom. The molecule has 0 spiro atoms. The van der Waals surface area contributed by atoms with Crippen LogP contribution in [-0.2, 0) is 20.2 Å². The fourth-order valence-electron chi connectivity index (χ4n) is 3.10. The zero-order valence-corrected chi connectivity index (χ0v) is 15.9. The van der Waals surface area contributed by atoms with E-state index in [1.807, 2.05) is 25.1 Å². The molecule has 0 aliphatic heterocycles. The molecule has 2 aromatic rings. The largest absolute Gasteiger partial charge is 0.355 e. The smallest absolute Gasteiger partial charge is 0.262 e. The molecule has 1 aliphatic carbocycles. The van der Waals surface area contributed by atoms with Gasteiger partial charge in [0.05, 0.1) is 10.3 Å². The summed E-state index contributed by atoms with van der Waals surface area (Å²) >= 11 is 0. The zero-order chi connectivity index (χ0) is 18.8. The van der Waals surface area contributed by atoms with Crippen LogP contribution in [0.15, 0.2) is 53.4 Å². The van der Waals surface area contributed by atoms with Crippen molar-refractivity contribution in [3.8, 4) is 0 Å². The van der Waals surface area contributed by atoms with E-state index >= 15 is 0 Å². The van der Waals surface area contributed by atoms with Crippen molar-refractivity contribution < 1.29 is 13.2 Å². The summed E-state index contributed by atoms with van der Waals surface area (Å²) in [6.45, 7) is 4.47. The summed E-state index contributed by atoms with van der Waals surface area (Å²) < 4.78 is 27.7. The van der Waals surface area contributed by atoms with Crippen molar-refractivity contribution >= 4 is 21.6 Å². The molecule has 0 saturated heterocycles. The molecule has 3 rings (SSSR count). The lowest BCUT2D eigenvalue weighted by Gasteiger charge is -2.16. The monoisotopic (exact) mass is 372 g/mol. The minimum absolute atomic E-state index is 0.0626. The standard InChI is InChI=1S/C20H24N2O3S/c1-3-14-21-19(23)20(12-13-20)16-8-10-17(11-9-16)22-26(24,25)18-7-5-4-6-15(18)2/h4-11,22H,3,12-14H2,1-2H3,(H,21,23). The number of carbonyl (C=O) groups is 1. The third kappa shape index (κ3) is 3.60. The minimum Gasteiger partial charge on any atom is -0.355 e. The molecule has 5 nitrogen and oxygen atoms in total. The predicted molar refractivity (Wildman–Crippen MR) is 103 cm³/mol. The number of aryl methyl sites for hydroxylation is 1. The van der Waals surface area contributed by atoms with Gasteiger partial charge in [-0.2, -0.15) is 0 Å². The van der Waals surface area contributed by atoms with Gasteiger partial charge in [-0.15, -0.1) is 0 Å². The van der Waals surface area contributed by atoms with Gasteiger partial charge in [0.2, 0.25) is 5.91 Å². The van der Waals surface area contributed by atoms with Crippen molar-refractivity contribution in [1.29, 1.82) is 0 Å². The van der Waals surface area contributed by atoms with Crippen molar-refractivity contribution in [2.24, 2.45) is 0 Å². The first-order valence-corrected chi connectivity index (χ1v) is 10.3. The number of nitrogens with one attached hydrogen (secondary N) is 2. The third-order valence-corrected chi connectivity index (χ3v) is 6.33. The Hall–Kier alpha value is -2.34. The Labute approximate surface area is 154 Å². The number of benzene rings is 2. The van der Waals surface area contributed by atoms with Crippen molar-refractivity contribution in [3.63, 3.8) is 0 Å². The van der Waals surface area contributed by atoms with E-state index in [1.165, 1.54) is 0 Å². The third-order valence-electron chi connectivity index (χ3n) is 4.79. The highest BCUT2D eigenvalue weighted by atomic mass is 32.2. The second kappa shape index (κ2) is 7.11. The van der Waals surface area contributed by atoms with Crippen LogP contribution in [0.3, 0.4) is 0 Å². The average Bonchev–Trinajstić information content (AvgIpc) is 3.42. The van der Waals surface area contributed by atoms with E-state index in [0.29, 0.717) is 17.8 Å². The van der Waals surface area contributed by atoms with Crippen molar-refractivity contribution in [1.82, 2.24) is 5.32 Å². The molecule has 0 radical (unpaired) electrons. The van der Waals surface area contributed by atoms with Gasteiger partial charge in [0.25, 0.3) is 10.0 Å². The van der Waals surface area contributed by atoms with E-state index < -0.39 is 15.4 Å². The molecular formula is C20H24N2O3S. The van der Waals surface area contributed by atoms with Gasteiger partial charge in [-0.1, -0.05) is 37.3 Å². The Kier molecular flexibility index (Phi) is 5.05. The summed E-state index contributed by atoms with van der Waals surface area (Å²) in [6, 6.07) is 14.0. The molecule has 1 saturated carbocycles. The molecule has 6 heteroatoms. The fourth-order valence-corrected chi connectivity index (χ4v) is 4.41. The first-order chi connectivity index (χ1) is 12.4. The Balaban J connectivity index is 1.76. The Morgan fingerprint density at radius 3 is 2.31 bits per heavy atom. The number of hydrogen-bond acceptors (Lipinski definition) is 3. The van der Waals surface area contributed by atoms with Crippen LogP contribution in [0.25, 0.3) is 0 Å². The van der Waals surface area contributed by atoms with Crippen LogP contribution >= 0.6 is 0 Å². The van der Waals surface area contributed by atoms with E-state index in [4.69, 9.17) is 0 Å². The predicted octanol–water partition coefficient (Wildman–Crippen LogP) is 3.35. The number of sulfonamides is 1. The average molecular weight is 372 g/mol. The number of carbonyl (C=O) groups excluding carboxylic acids is 1. The summed E-state index contributed by atoms with van der Waals surface area (Å²) in [5.74, 6) is 0.0626. The van der Waals surface area contributed by atoms with Gasteiger partial charge >= 0.3 is 0 Å². The van der Waals surface area contributed by atoms with Gasteiger partial charge in [0.1, 0.15) is 0 Å². The van der Waals surface area contributed by atoms with Gasteiger partial charge < -0.3 is 5.32 Å². The topological polar surface area (TPSA) is 75.3 Å². The second-order valence-corrected chi connectivity index (χ2v) is 8.44. The molecule has 26 heavy (non-hydrogen) atoms. The van der Waals surface area contributed by atoms with Gasteiger partial charge in [-0.05, 0) is 55.5 Å². The lowest BCUT2D eigenvalue weighted by molar-refractivity contribution is -0.123. The zero-order valence-electron chi connectivity index (χ0n) is 15.1. The quantitative estimate of drug-likeness (QED) is 0.783. The van der Waals surface area contributed by atoms with Crippen molar-refractivity contribution in [3.05, 3.63) is 59.7 Å². The van der Waals surface area contributed by atoms with E-state index in [0.717, 1.165) is 24.8 Å². The molecule has 0 unspecified atom stereocenters. The van der Waals surface area contributed by atoms with Gasteiger partial charge in [-0.25, -0.2) is 8.42 Å². The number of rotatable bonds is 7. The van der Waals surface area contributed by atoms with Gasteiger partial charge in [0.15, 0.2) is 0 Å². The molecule has 1 aliphatic rings. The number of anilines is 1. The van der Waals surface area contributed by atoms with Gasteiger partial charge in [-0.3, -0.25) is 9.52 Å². The molecule has 0 aromatic heterocycles. The van der Waals surface area contributed by atoms with Crippen LogP contribution in [-0.4, -0.2) is 20.9 Å². The SMILES string of the molecule is CCCNC(=O)C1(c2ccc(NS(=O)(=O)c3ccccc3C)cc2)CC1. The van der Waals surface area contributed by atoms with Crippen LogP contribution in [0.1, 0.15) is 37.3 Å². The maximum Gasteiger partial charge on any atom is 0.262 e. The number of amides is 1. The normalized spacial score (nSPS) is 15.3. The molecule has 1 fully saturated rings. The van der Waals surface area contributed by atoms with E-state index in [9.17, 15) is 13.2 Å². The van der Waals surface area contributed by atoms with E-state index in [1.54, 1.807) is 37.3 Å². The Bertz CT molecular complexity index is 901. The molecular weight excluding hydrogens is 348 g/mol. The maximum atomic E-state index is 12.6. The molecule has 0 bridgehead atoms. The van der Waals surface area contributed by atoms with Crippen LogP contribution in [0, 0.1) is 6.92 Å². The van der Waals surface area contributed by atoms with Crippen LogP contribution in [0.4, 0.5) is 5.69 Å². The highest BCUT2D eigenvalue weighted by Gasteiger charge is 2.50. The summed E-state index contributed by atoms with van der Waals surface area (Å²) in [5.41, 5.74) is 1.68. The lowest BCUT2D eigenvalue weighted by Crippen LogP contribution is -2.35. The molecule has 0 heterocycles. The van der Waals surface area contributed by atoms with Gasteiger partial charge in [0, 0.05) is 12.2 Å². The first kappa shape index (κ1) is 18.5. The molecule has 1 amide bonds. The molecule has 138 valence electrons. The maximum absolute atomic E-state index is 12.6. The van der Waals surface area contributed by atoms with E-state index in [2.05, 4.69) is 10.0 Å². The number of hydrogen-bond donors (Lipinski definition) is 2.